The molecule has 0 aliphatic heterocycles. The minimum absolute atomic E-state index is 0. The van der Waals surface area contributed by atoms with Gasteiger partial charge in [0.2, 0.25) is 0 Å². The van der Waals surface area contributed by atoms with Crippen molar-refractivity contribution in [2.75, 3.05) is 20.2 Å². The Balaban J connectivity index is 0.00000441. The summed E-state index contributed by atoms with van der Waals surface area (Å²) in [6.07, 6.45) is 3.92. The van der Waals surface area contributed by atoms with E-state index in [1.807, 2.05) is 24.7 Å². The highest BCUT2D eigenvalue weighted by Gasteiger charge is 2.02. The van der Waals surface area contributed by atoms with Gasteiger partial charge in [0.25, 0.3) is 0 Å². The molecule has 7 nitrogen and oxygen atoms in total. The molecule has 22 heavy (non-hydrogen) atoms. The van der Waals surface area contributed by atoms with E-state index in [1.165, 1.54) is 7.11 Å². The van der Waals surface area contributed by atoms with E-state index in [2.05, 4.69) is 25.5 Å². The standard InChI is InChI=1S/C14H25N5O2.HI/c1-4-15-14(16-9-6-5-7-13(20)21-3)17-11-12-8-10-18-19(12)2;/h8,10H,4-7,9,11H2,1-3H3,(H2,15,16,17);1H. The van der Waals surface area contributed by atoms with Crippen LogP contribution in [-0.2, 0) is 23.1 Å². The average molecular weight is 423 g/mol. The van der Waals surface area contributed by atoms with E-state index in [0.29, 0.717) is 13.0 Å². The van der Waals surface area contributed by atoms with Crippen LogP contribution in [-0.4, -0.2) is 41.9 Å². The second kappa shape index (κ2) is 12.2. The normalized spacial score (nSPS) is 10.8. The first-order valence-corrected chi connectivity index (χ1v) is 7.23. The van der Waals surface area contributed by atoms with Crippen LogP contribution in [0, 0.1) is 0 Å². The number of methoxy groups -OCH3 is 1. The monoisotopic (exact) mass is 423 g/mol. The minimum atomic E-state index is -0.160. The molecule has 0 saturated carbocycles. The number of carbonyl (C=O) groups is 1. The van der Waals surface area contributed by atoms with Crippen molar-refractivity contribution in [3.05, 3.63) is 18.0 Å². The molecule has 0 saturated heterocycles. The van der Waals surface area contributed by atoms with Crippen LogP contribution in [0.4, 0.5) is 0 Å². The maximum Gasteiger partial charge on any atom is 0.305 e. The van der Waals surface area contributed by atoms with Gasteiger partial charge in [-0.2, -0.15) is 5.10 Å². The fraction of sp³-hybridized carbons (Fsp3) is 0.643. The number of guanidine groups is 1. The Morgan fingerprint density at radius 3 is 2.77 bits per heavy atom. The Bertz CT molecular complexity index is 462. The molecule has 0 amide bonds. The topological polar surface area (TPSA) is 80.5 Å². The van der Waals surface area contributed by atoms with Gasteiger partial charge in [-0.1, -0.05) is 0 Å². The van der Waals surface area contributed by atoms with E-state index in [0.717, 1.165) is 37.6 Å². The summed E-state index contributed by atoms with van der Waals surface area (Å²) in [5.41, 5.74) is 1.05. The summed E-state index contributed by atoms with van der Waals surface area (Å²) in [6.45, 7) is 4.18. The number of unbranched alkanes of at least 4 members (excludes halogenated alkanes) is 1. The van der Waals surface area contributed by atoms with Crippen LogP contribution in [0.5, 0.6) is 0 Å². The number of halogens is 1. The van der Waals surface area contributed by atoms with E-state index in [-0.39, 0.29) is 29.9 Å². The summed E-state index contributed by atoms with van der Waals surface area (Å²) in [4.78, 5) is 15.5. The molecule has 1 aromatic rings. The van der Waals surface area contributed by atoms with Crippen molar-refractivity contribution >= 4 is 35.9 Å². The van der Waals surface area contributed by atoms with E-state index in [9.17, 15) is 4.79 Å². The maximum atomic E-state index is 11.0. The lowest BCUT2D eigenvalue weighted by Gasteiger charge is -2.11. The third kappa shape index (κ3) is 8.20. The Hall–Kier alpha value is -1.32. The predicted octanol–water partition coefficient (Wildman–Crippen LogP) is 1.44. The van der Waals surface area contributed by atoms with E-state index in [1.54, 1.807) is 6.20 Å². The molecule has 1 aromatic heterocycles. The summed E-state index contributed by atoms with van der Waals surface area (Å²) < 4.78 is 6.41. The lowest BCUT2D eigenvalue weighted by atomic mass is 10.2. The number of aryl methyl sites for hydroxylation is 1. The number of esters is 1. The zero-order chi connectivity index (χ0) is 15.5. The Labute approximate surface area is 148 Å². The van der Waals surface area contributed by atoms with Crippen LogP contribution >= 0.6 is 24.0 Å². The van der Waals surface area contributed by atoms with Crippen molar-refractivity contribution in [3.8, 4) is 0 Å². The van der Waals surface area contributed by atoms with Crippen LogP contribution in [0.1, 0.15) is 31.9 Å². The van der Waals surface area contributed by atoms with Crippen molar-refractivity contribution in [1.82, 2.24) is 20.4 Å². The minimum Gasteiger partial charge on any atom is -0.469 e. The number of hydrogen-bond acceptors (Lipinski definition) is 4. The van der Waals surface area contributed by atoms with Gasteiger partial charge in [0, 0.05) is 32.8 Å². The molecular formula is C14H26IN5O2. The molecule has 8 heteroatoms. The number of rotatable bonds is 8. The third-order valence-corrected chi connectivity index (χ3v) is 2.99. The fourth-order valence-corrected chi connectivity index (χ4v) is 1.76. The lowest BCUT2D eigenvalue weighted by molar-refractivity contribution is -0.140. The van der Waals surface area contributed by atoms with Gasteiger partial charge >= 0.3 is 5.97 Å². The van der Waals surface area contributed by atoms with Gasteiger partial charge in [0.15, 0.2) is 5.96 Å². The zero-order valence-corrected chi connectivity index (χ0v) is 15.8. The highest BCUT2D eigenvalue weighted by Crippen LogP contribution is 1.98. The molecule has 126 valence electrons. The molecule has 0 bridgehead atoms. The Kier molecular flexibility index (Phi) is 11.5. The Morgan fingerprint density at radius 2 is 2.18 bits per heavy atom. The summed E-state index contributed by atoms with van der Waals surface area (Å²) in [5, 5.41) is 10.6. The number of nitrogens with one attached hydrogen (secondary N) is 2. The molecule has 1 rings (SSSR count). The quantitative estimate of drug-likeness (QED) is 0.218. The molecule has 0 aromatic carbocycles. The van der Waals surface area contributed by atoms with Gasteiger partial charge in [0.05, 0.1) is 19.3 Å². The lowest BCUT2D eigenvalue weighted by Crippen LogP contribution is -2.37. The number of nitrogens with zero attached hydrogens (tertiary/aromatic N) is 3. The van der Waals surface area contributed by atoms with Gasteiger partial charge in [0.1, 0.15) is 0 Å². The Morgan fingerprint density at radius 1 is 1.41 bits per heavy atom. The first-order chi connectivity index (χ1) is 10.2. The smallest absolute Gasteiger partial charge is 0.305 e. The number of ether oxygens (including phenoxy) is 1. The molecule has 0 spiro atoms. The molecule has 0 radical (unpaired) electrons. The molecule has 1 heterocycles. The molecule has 0 unspecified atom stereocenters. The maximum absolute atomic E-state index is 11.0. The number of aliphatic imine (C=N–C) groups is 1. The van der Waals surface area contributed by atoms with Crippen molar-refractivity contribution in [2.24, 2.45) is 12.0 Å². The van der Waals surface area contributed by atoms with Gasteiger partial charge in [-0.15, -0.1) is 24.0 Å². The molecule has 0 aliphatic carbocycles. The summed E-state index contributed by atoms with van der Waals surface area (Å²) in [5.74, 6) is 0.614. The van der Waals surface area contributed by atoms with E-state index < -0.39 is 0 Å². The molecular weight excluding hydrogens is 397 g/mol. The highest BCUT2D eigenvalue weighted by atomic mass is 127. The third-order valence-electron chi connectivity index (χ3n) is 2.99. The predicted molar refractivity (Wildman–Crippen MR) is 97.3 cm³/mol. The first-order valence-electron chi connectivity index (χ1n) is 7.23. The van der Waals surface area contributed by atoms with E-state index >= 15 is 0 Å². The van der Waals surface area contributed by atoms with Gasteiger partial charge in [-0.3, -0.25) is 9.48 Å². The number of carbonyl (C=O) groups excluding carboxylic acids is 1. The first kappa shape index (κ1) is 20.7. The van der Waals surface area contributed by atoms with Crippen LogP contribution in [0.3, 0.4) is 0 Å². The highest BCUT2D eigenvalue weighted by molar-refractivity contribution is 14.0. The zero-order valence-electron chi connectivity index (χ0n) is 13.5. The fourth-order valence-electron chi connectivity index (χ4n) is 1.76. The largest absolute Gasteiger partial charge is 0.469 e. The van der Waals surface area contributed by atoms with Crippen molar-refractivity contribution < 1.29 is 9.53 Å². The SMILES string of the molecule is CCNC(=NCc1ccnn1C)NCCCCC(=O)OC.I. The van der Waals surface area contributed by atoms with Crippen LogP contribution in [0.25, 0.3) is 0 Å². The molecule has 0 atom stereocenters. The summed E-state index contributed by atoms with van der Waals surface area (Å²) in [6, 6.07) is 1.95. The van der Waals surface area contributed by atoms with Crippen molar-refractivity contribution in [1.29, 1.82) is 0 Å². The second-order valence-corrected chi connectivity index (χ2v) is 4.60. The number of aromatic nitrogens is 2. The van der Waals surface area contributed by atoms with Gasteiger partial charge in [-0.05, 0) is 25.8 Å². The summed E-state index contributed by atoms with van der Waals surface area (Å²) >= 11 is 0. The van der Waals surface area contributed by atoms with Gasteiger partial charge < -0.3 is 15.4 Å². The average Bonchev–Trinajstić information content (AvgIpc) is 2.89. The second-order valence-electron chi connectivity index (χ2n) is 4.60. The molecule has 2 N–H and O–H groups in total. The van der Waals surface area contributed by atoms with Crippen LogP contribution in [0.2, 0.25) is 0 Å². The van der Waals surface area contributed by atoms with E-state index in [4.69, 9.17) is 0 Å². The van der Waals surface area contributed by atoms with Gasteiger partial charge in [-0.25, -0.2) is 4.99 Å². The molecule has 0 fully saturated rings. The number of hydrogen-bond donors (Lipinski definition) is 2. The van der Waals surface area contributed by atoms with Crippen LogP contribution < -0.4 is 10.6 Å². The summed E-state index contributed by atoms with van der Waals surface area (Å²) in [7, 11) is 3.31. The van der Waals surface area contributed by atoms with Crippen molar-refractivity contribution in [2.45, 2.75) is 32.7 Å². The molecule has 0 aliphatic rings. The van der Waals surface area contributed by atoms with Crippen molar-refractivity contribution in [3.63, 3.8) is 0 Å². The van der Waals surface area contributed by atoms with Crippen LogP contribution in [0.15, 0.2) is 17.3 Å².